The van der Waals surface area contributed by atoms with Crippen LogP contribution < -0.4 is 0 Å². The summed E-state index contributed by atoms with van der Waals surface area (Å²) in [4.78, 5) is 19.0. The van der Waals surface area contributed by atoms with Crippen LogP contribution in [-0.4, -0.2) is 46.7 Å². The molecule has 0 radical (unpaired) electrons. The molecule has 0 spiro atoms. The lowest BCUT2D eigenvalue weighted by Gasteiger charge is -2.30. The first-order valence-corrected chi connectivity index (χ1v) is 8.99. The highest BCUT2D eigenvalue weighted by Crippen LogP contribution is 2.20. The summed E-state index contributed by atoms with van der Waals surface area (Å²) in [7, 11) is 0. The number of nitrogens with zero attached hydrogens (tertiary/aromatic N) is 3. The fourth-order valence-corrected chi connectivity index (χ4v) is 3.10. The molecule has 3 rings (SSSR count). The van der Waals surface area contributed by atoms with Crippen molar-refractivity contribution in [3.8, 4) is 11.5 Å². The molecule has 1 aromatic carbocycles. The highest BCUT2D eigenvalue weighted by atomic mass is 16.5. The Morgan fingerprint density at radius 1 is 1.28 bits per heavy atom. The van der Waals surface area contributed by atoms with E-state index in [-0.39, 0.29) is 12.0 Å². The minimum atomic E-state index is 0.0456. The Labute approximate surface area is 148 Å². The number of amides is 1. The molecule has 1 aromatic heterocycles. The first-order valence-electron chi connectivity index (χ1n) is 8.99. The topological polar surface area (TPSA) is 68.5 Å². The largest absolute Gasteiger partial charge is 0.376 e. The van der Waals surface area contributed by atoms with Gasteiger partial charge in [0.1, 0.15) is 0 Å². The van der Waals surface area contributed by atoms with Gasteiger partial charge in [-0.25, -0.2) is 0 Å². The van der Waals surface area contributed by atoms with E-state index in [0.717, 1.165) is 38.0 Å². The van der Waals surface area contributed by atoms with Gasteiger partial charge in [0.05, 0.1) is 6.10 Å². The number of benzene rings is 1. The molecule has 2 heterocycles. The summed E-state index contributed by atoms with van der Waals surface area (Å²) in [5.41, 5.74) is 1.49. The Bertz CT molecular complexity index is 690. The first kappa shape index (κ1) is 17.6. The molecule has 2 aromatic rings. The molecule has 1 unspecified atom stereocenters. The number of hydrogen-bond donors (Lipinski definition) is 0. The fraction of sp³-hybridized carbons (Fsp3) is 0.526. The van der Waals surface area contributed by atoms with Crippen LogP contribution >= 0.6 is 0 Å². The summed E-state index contributed by atoms with van der Waals surface area (Å²) >= 11 is 0. The molecule has 1 aliphatic rings. The van der Waals surface area contributed by atoms with Crippen LogP contribution in [0.5, 0.6) is 0 Å². The third-order valence-corrected chi connectivity index (χ3v) is 4.39. The monoisotopic (exact) mass is 343 g/mol. The third kappa shape index (κ3) is 4.45. The van der Waals surface area contributed by atoms with Crippen LogP contribution in [0.4, 0.5) is 0 Å². The molecule has 1 saturated heterocycles. The van der Waals surface area contributed by atoms with Gasteiger partial charge >= 0.3 is 0 Å². The zero-order valence-electron chi connectivity index (χ0n) is 14.9. The van der Waals surface area contributed by atoms with Crippen molar-refractivity contribution >= 4 is 5.91 Å². The summed E-state index contributed by atoms with van der Waals surface area (Å²) in [6.07, 6.45) is 4.41. The Morgan fingerprint density at radius 3 is 2.68 bits per heavy atom. The Hall–Kier alpha value is -2.21. The lowest BCUT2D eigenvalue weighted by atomic mass is 10.1. The molecule has 1 fully saturated rings. The van der Waals surface area contributed by atoms with Gasteiger partial charge in [-0.2, -0.15) is 4.98 Å². The van der Waals surface area contributed by atoms with Crippen LogP contribution in [0.2, 0.25) is 0 Å². The van der Waals surface area contributed by atoms with Gasteiger partial charge in [-0.3, -0.25) is 4.79 Å². The van der Waals surface area contributed by atoms with Crippen LogP contribution in [-0.2, 0) is 4.74 Å². The predicted octanol–water partition coefficient (Wildman–Crippen LogP) is 3.47. The Morgan fingerprint density at radius 2 is 2.08 bits per heavy atom. The van der Waals surface area contributed by atoms with Crippen molar-refractivity contribution in [2.24, 2.45) is 0 Å². The highest BCUT2D eigenvalue weighted by molar-refractivity contribution is 5.94. The lowest BCUT2D eigenvalue weighted by molar-refractivity contribution is -0.00383. The second-order valence-corrected chi connectivity index (χ2v) is 6.46. The minimum Gasteiger partial charge on any atom is -0.376 e. The number of aromatic nitrogens is 2. The zero-order valence-corrected chi connectivity index (χ0v) is 14.9. The summed E-state index contributed by atoms with van der Waals surface area (Å²) in [6, 6.07) is 7.34. The van der Waals surface area contributed by atoms with Crippen molar-refractivity contribution < 1.29 is 14.1 Å². The van der Waals surface area contributed by atoms with Gasteiger partial charge in [-0.1, -0.05) is 12.1 Å². The molecule has 0 N–H and O–H groups in total. The van der Waals surface area contributed by atoms with E-state index in [1.165, 1.54) is 6.42 Å². The summed E-state index contributed by atoms with van der Waals surface area (Å²) in [6.45, 7) is 6.07. The third-order valence-electron chi connectivity index (χ3n) is 4.39. The lowest BCUT2D eigenvalue weighted by Crippen LogP contribution is -2.40. The first-order chi connectivity index (χ1) is 12.2. The number of rotatable bonds is 6. The molecule has 6 nitrogen and oxygen atoms in total. The molecular weight excluding hydrogens is 318 g/mol. The molecule has 0 aliphatic carbocycles. The summed E-state index contributed by atoms with van der Waals surface area (Å²) < 4.78 is 11.0. The van der Waals surface area contributed by atoms with Crippen LogP contribution in [0.3, 0.4) is 0 Å². The van der Waals surface area contributed by atoms with Gasteiger partial charge in [0.25, 0.3) is 11.8 Å². The molecule has 1 amide bonds. The normalized spacial score (nSPS) is 17.4. The van der Waals surface area contributed by atoms with Crippen LogP contribution in [0.15, 0.2) is 28.8 Å². The van der Waals surface area contributed by atoms with E-state index < -0.39 is 0 Å². The maximum Gasteiger partial charge on any atom is 0.257 e. The van der Waals surface area contributed by atoms with Crippen LogP contribution in [0, 0.1) is 6.92 Å². The fourth-order valence-electron chi connectivity index (χ4n) is 3.10. The number of ether oxygens (including phenoxy) is 1. The van der Waals surface area contributed by atoms with Crippen LogP contribution in [0.1, 0.15) is 48.8 Å². The van der Waals surface area contributed by atoms with Gasteiger partial charge in [0.15, 0.2) is 5.82 Å². The molecule has 0 bridgehead atoms. The maximum atomic E-state index is 12.9. The molecular formula is C19H25N3O3. The number of hydrogen-bond acceptors (Lipinski definition) is 5. The molecule has 134 valence electrons. The maximum absolute atomic E-state index is 12.9. The number of carbonyl (C=O) groups excluding carboxylic acids is 1. The quantitative estimate of drug-likeness (QED) is 0.803. The smallest absolute Gasteiger partial charge is 0.257 e. The van der Waals surface area contributed by atoms with Gasteiger partial charge < -0.3 is 14.2 Å². The van der Waals surface area contributed by atoms with Crippen molar-refractivity contribution in [1.29, 1.82) is 0 Å². The Balaban J connectivity index is 1.70. The average molecular weight is 343 g/mol. The van der Waals surface area contributed by atoms with E-state index in [4.69, 9.17) is 9.26 Å². The van der Waals surface area contributed by atoms with E-state index in [1.807, 2.05) is 29.2 Å². The average Bonchev–Trinajstić information content (AvgIpc) is 3.08. The second kappa shape index (κ2) is 8.25. The SMILES string of the molecule is CCCN(CC1CCCCO1)C(=O)c1ccc(-c2nc(C)no2)cc1. The van der Waals surface area contributed by atoms with E-state index in [2.05, 4.69) is 17.1 Å². The summed E-state index contributed by atoms with van der Waals surface area (Å²) in [5.74, 6) is 1.11. The molecule has 25 heavy (non-hydrogen) atoms. The predicted molar refractivity (Wildman–Crippen MR) is 94.3 cm³/mol. The van der Waals surface area contributed by atoms with Crippen molar-refractivity contribution in [2.75, 3.05) is 19.7 Å². The van der Waals surface area contributed by atoms with Crippen LogP contribution in [0.25, 0.3) is 11.5 Å². The van der Waals surface area contributed by atoms with Gasteiger partial charge in [0.2, 0.25) is 0 Å². The zero-order chi connectivity index (χ0) is 17.6. The molecule has 6 heteroatoms. The van der Waals surface area contributed by atoms with Crippen molar-refractivity contribution in [2.45, 2.75) is 45.6 Å². The van der Waals surface area contributed by atoms with E-state index in [0.29, 0.717) is 23.8 Å². The van der Waals surface area contributed by atoms with Crippen molar-refractivity contribution in [3.63, 3.8) is 0 Å². The van der Waals surface area contributed by atoms with E-state index >= 15 is 0 Å². The van der Waals surface area contributed by atoms with Gasteiger partial charge in [-0.05, 0) is 56.9 Å². The standard InChI is InChI=1S/C19H25N3O3/c1-3-11-22(13-17-6-4-5-12-24-17)19(23)16-9-7-15(8-10-16)18-20-14(2)21-25-18/h7-10,17H,3-6,11-13H2,1-2H3. The highest BCUT2D eigenvalue weighted by Gasteiger charge is 2.22. The second-order valence-electron chi connectivity index (χ2n) is 6.46. The number of aryl methyl sites for hydroxylation is 1. The van der Waals surface area contributed by atoms with E-state index in [9.17, 15) is 4.79 Å². The van der Waals surface area contributed by atoms with Crippen molar-refractivity contribution in [3.05, 3.63) is 35.7 Å². The van der Waals surface area contributed by atoms with E-state index in [1.54, 1.807) is 6.92 Å². The van der Waals surface area contributed by atoms with Gasteiger partial charge in [0, 0.05) is 30.8 Å². The minimum absolute atomic E-state index is 0.0456. The number of carbonyl (C=O) groups is 1. The molecule has 1 aliphatic heterocycles. The van der Waals surface area contributed by atoms with Crippen molar-refractivity contribution in [1.82, 2.24) is 15.0 Å². The van der Waals surface area contributed by atoms with Gasteiger partial charge in [-0.15, -0.1) is 0 Å². The summed E-state index contributed by atoms with van der Waals surface area (Å²) in [5, 5.41) is 3.79. The molecule has 0 saturated carbocycles. The molecule has 1 atom stereocenters. The Kier molecular flexibility index (Phi) is 5.81.